The third kappa shape index (κ3) is 7.70. The molecule has 0 fully saturated rings. The van der Waals surface area contributed by atoms with Crippen molar-refractivity contribution in [3.05, 3.63) is 35.9 Å². The second kappa shape index (κ2) is 7.45. The molecular formula is C13H13F3O4S. The van der Waals surface area contributed by atoms with Gasteiger partial charge in [0.25, 0.3) is 10.1 Å². The molecule has 8 heteroatoms. The first kappa shape index (κ1) is 17.5. The van der Waals surface area contributed by atoms with E-state index in [1.165, 1.54) is 0 Å². The Kier molecular flexibility index (Phi) is 6.20. The molecule has 1 atom stereocenters. The molecule has 1 unspecified atom stereocenters. The van der Waals surface area contributed by atoms with Crippen LogP contribution in [0.1, 0.15) is 5.56 Å². The van der Waals surface area contributed by atoms with Crippen molar-refractivity contribution in [3.63, 3.8) is 0 Å². The molecule has 0 saturated heterocycles. The van der Waals surface area contributed by atoms with Crippen LogP contribution in [0.2, 0.25) is 0 Å². The minimum atomic E-state index is -4.89. The summed E-state index contributed by atoms with van der Waals surface area (Å²) in [5.41, 5.74) is 0.846. The number of alkyl halides is 3. The lowest BCUT2D eigenvalue weighted by Crippen LogP contribution is -2.32. The van der Waals surface area contributed by atoms with E-state index in [1.807, 2.05) is 6.07 Å². The lowest BCUT2D eigenvalue weighted by Gasteiger charge is -2.13. The largest absolute Gasteiger partial charge is 0.427 e. The van der Waals surface area contributed by atoms with Gasteiger partial charge in [-0.1, -0.05) is 42.2 Å². The number of benzene rings is 1. The summed E-state index contributed by atoms with van der Waals surface area (Å²) in [6.07, 6.45) is -7.05. The molecule has 116 valence electrons. The average Bonchev–Trinajstić information content (AvgIpc) is 2.35. The van der Waals surface area contributed by atoms with E-state index in [1.54, 1.807) is 30.2 Å². The van der Waals surface area contributed by atoms with Crippen LogP contribution in [0.25, 0.3) is 0 Å². The van der Waals surface area contributed by atoms with Crippen molar-refractivity contribution >= 4 is 10.1 Å². The minimum absolute atomic E-state index is 0.194. The highest BCUT2D eigenvalue weighted by Crippen LogP contribution is 2.23. The second-order valence-electron chi connectivity index (χ2n) is 4.02. The van der Waals surface area contributed by atoms with Gasteiger partial charge in [0, 0.05) is 0 Å². The van der Waals surface area contributed by atoms with Crippen molar-refractivity contribution in [2.45, 2.75) is 18.9 Å². The Labute approximate surface area is 121 Å². The maximum absolute atomic E-state index is 12.5. The van der Waals surface area contributed by atoms with E-state index in [4.69, 9.17) is 4.74 Å². The monoisotopic (exact) mass is 322 g/mol. The summed E-state index contributed by atoms with van der Waals surface area (Å²) in [7, 11) is -4.26. The predicted octanol–water partition coefficient (Wildman–Crippen LogP) is 2.11. The first-order chi connectivity index (χ1) is 9.68. The maximum Gasteiger partial charge on any atom is 0.427 e. The Morgan fingerprint density at radius 3 is 2.38 bits per heavy atom. The molecule has 4 nitrogen and oxygen atoms in total. The molecule has 0 spiro atoms. The molecule has 21 heavy (non-hydrogen) atoms. The highest BCUT2D eigenvalue weighted by atomic mass is 32.2. The first-order valence-corrected chi connectivity index (χ1v) is 7.55. The van der Waals surface area contributed by atoms with Crippen LogP contribution < -0.4 is 0 Å². The van der Waals surface area contributed by atoms with Crippen LogP contribution in [-0.4, -0.2) is 33.6 Å². The lowest BCUT2D eigenvalue weighted by atomic mass is 10.2. The standard InChI is InChI=1S/C13H13F3O4S/c1-21(17,18)20-12(13(14,15)16)8-5-9-19-10-11-6-3-2-4-7-11/h2-4,6-7,12H,9-10H2,1H3. The molecule has 1 aromatic rings. The number of hydrogen-bond donors (Lipinski definition) is 0. The zero-order chi connectivity index (χ0) is 15.9. The fourth-order valence-electron chi connectivity index (χ4n) is 1.26. The van der Waals surface area contributed by atoms with Crippen molar-refractivity contribution in [3.8, 4) is 11.8 Å². The third-order valence-corrected chi connectivity index (χ3v) is 2.63. The first-order valence-electron chi connectivity index (χ1n) is 5.73. The van der Waals surface area contributed by atoms with Gasteiger partial charge >= 0.3 is 6.18 Å². The van der Waals surface area contributed by atoms with Gasteiger partial charge < -0.3 is 4.74 Å². The predicted molar refractivity (Wildman–Crippen MR) is 69.6 cm³/mol. The minimum Gasteiger partial charge on any atom is -0.364 e. The summed E-state index contributed by atoms with van der Waals surface area (Å²) in [6, 6.07) is 8.99. The Balaban J connectivity index is 2.53. The van der Waals surface area contributed by atoms with Crippen molar-refractivity contribution in [2.24, 2.45) is 0 Å². The van der Waals surface area contributed by atoms with Gasteiger partial charge in [0.05, 0.1) is 12.9 Å². The molecule has 0 aliphatic rings. The van der Waals surface area contributed by atoms with Crippen LogP contribution in [0, 0.1) is 11.8 Å². The average molecular weight is 322 g/mol. The highest BCUT2D eigenvalue weighted by molar-refractivity contribution is 7.86. The lowest BCUT2D eigenvalue weighted by molar-refractivity contribution is -0.175. The summed E-state index contributed by atoms with van der Waals surface area (Å²) < 4.78 is 67.9. The fraction of sp³-hybridized carbons (Fsp3) is 0.385. The van der Waals surface area contributed by atoms with E-state index in [2.05, 4.69) is 10.1 Å². The third-order valence-electron chi connectivity index (χ3n) is 2.09. The summed E-state index contributed by atoms with van der Waals surface area (Å²) in [6.45, 7) is -0.0757. The van der Waals surface area contributed by atoms with E-state index in [0.29, 0.717) is 6.26 Å². The zero-order valence-corrected chi connectivity index (χ0v) is 11.9. The molecule has 0 bridgehead atoms. The molecule has 1 aromatic carbocycles. The van der Waals surface area contributed by atoms with Crippen molar-refractivity contribution in [2.75, 3.05) is 12.9 Å². The fourth-order valence-corrected chi connectivity index (χ4v) is 1.77. The van der Waals surface area contributed by atoms with Crippen LogP contribution in [-0.2, 0) is 25.6 Å². The summed E-state index contributed by atoms with van der Waals surface area (Å²) in [5, 5.41) is 0. The van der Waals surface area contributed by atoms with Gasteiger partial charge in [-0.25, -0.2) is 4.18 Å². The van der Waals surface area contributed by atoms with Crippen LogP contribution in [0.4, 0.5) is 13.2 Å². The Hall–Kier alpha value is -1.56. The van der Waals surface area contributed by atoms with Crippen LogP contribution in [0.15, 0.2) is 30.3 Å². The van der Waals surface area contributed by atoms with E-state index in [0.717, 1.165) is 5.56 Å². The van der Waals surface area contributed by atoms with Crippen LogP contribution >= 0.6 is 0 Å². The van der Waals surface area contributed by atoms with Gasteiger partial charge in [-0.05, 0) is 5.56 Å². The summed E-state index contributed by atoms with van der Waals surface area (Å²) >= 11 is 0. The molecule has 0 aromatic heterocycles. The zero-order valence-electron chi connectivity index (χ0n) is 11.1. The van der Waals surface area contributed by atoms with Crippen molar-refractivity contribution in [1.29, 1.82) is 0 Å². The van der Waals surface area contributed by atoms with Gasteiger partial charge in [-0.2, -0.15) is 21.6 Å². The normalized spacial score (nSPS) is 13.3. The molecule has 0 amide bonds. The number of hydrogen-bond acceptors (Lipinski definition) is 4. The summed E-state index contributed by atoms with van der Waals surface area (Å²) in [5.74, 6) is 3.80. The number of halogens is 3. The molecule has 0 heterocycles. The quantitative estimate of drug-likeness (QED) is 0.473. The van der Waals surface area contributed by atoms with Gasteiger partial charge in [0.15, 0.2) is 0 Å². The molecule has 0 radical (unpaired) electrons. The highest BCUT2D eigenvalue weighted by Gasteiger charge is 2.42. The maximum atomic E-state index is 12.5. The molecular weight excluding hydrogens is 309 g/mol. The van der Waals surface area contributed by atoms with E-state index in [-0.39, 0.29) is 13.2 Å². The molecule has 0 saturated carbocycles. The number of rotatable bonds is 5. The smallest absolute Gasteiger partial charge is 0.364 e. The topological polar surface area (TPSA) is 52.6 Å². The number of ether oxygens (including phenoxy) is 1. The Morgan fingerprint density at radius 1 is 1.24 bits per heavy atom. The van der Waals surface area contributed by atoms with Crippen molar-refractivity contribution in [1.82, 2.24) is 0 Å². The molecule has 0 aliphatic carbocycles. The second-order valence-corrected chi connectivity index (χ2v) is 5.62. The van der Waals surface area contributed by atoms with Crippen LogP contribution in [0.3, 0.4) is 0 Å². The summed E-state index contributed by atoms with van der Waals surface area (Å²) in [4.78, 5) is 0. The molecule has 1 rings (SSSR count). The van der Waals surface area contributed by atoms with Crippen molar-refractivity contribution < 1.29 is 30.5 Å². The van der Waals surface area contributed by atoms with E-state index in [9.17, 15) is 21.6 Å². The Bertz CT molecular complexity index is 600. The molecule has 0 aliphatic heterocycles. The van der Waals surface area contributed by atoms with Gasteiger partial charge in [0.2, 0.25) is 6.10 Å². The van der Waals surface area contributed by atoms with E-state index >= 15 is 0 Å². The van der Waals surface area contributed by atoms with Crippen LogP contribution in [0.5, 0.6) is 0 Å². The van der Waals surface area contributed by atoms with Gasteiger partial charge in [-0.3, -0.25) is 0 Å². The van der Waals surface area contributed by atoms with Gasteiger partial charge in [-0.15, -0.1) is 0 Å². The van der Waals surface area contributed by atoms with E-state index < -0.39 is 22.4 Å². The molecule has 0 N–H and O–H groups in total. The SMILES string of the molecule is CS(=O)(=O)OC(C#CCOCc1ccccc1)C(F)(F)F. The Morgan fingerprint density at radius 2 is 1.86 bits per heavy atom. The van der Waals surface area contributed by atoms with Gasteiger partial charge in [0.1, 0.15) is 6.61 Å².